The molecule has 0 aromatic heterocycles. The quantitative estimate of drug-likeness (QED) is 0.547. The lowest BCUT2D eigenvalue weighted by atomic mass is 9.99. The number of nitrogens with zero attached hydrogens (tertiary/aromatic N) is 2. The summed E-state index contributed by atoms with van der Waals surface area (Å²) in [4.78, 5) is 25.6. The number of nitro groups is 1. The highest BCUT2D eigenvalue weighted by Gasteiger charge is 2.33. The zero-order valence-corrected chi connectivity index (χ0v) is 17.6. The number of benzene rings is 1. The smallest absolute Gasteiger partial charge is 0.293 e. The number of nitro benzene ring substituents is 1. The predicted molar refractivity (Wildman–Crippen MR) is 110 cm³/mol. The molecule has 2 N–H and O–H groups in total. The second-order valence-corrected chi connectivity index (χ2v) is 8.45. The van der Waals surface area contributed by atoms with Crippen molar-refractivity contribution in [1.29, 1.82) is 0 Å². The summed E-state index contributed by atoms with van der Waals surface area (Å²) in [5.74, 6) is -0.318. The van der Waals surface area contributed by atoms with E-state index in [4.69, 9.17) is 4.74 Å². The van der Waals surface area contributed by atoms with Crippen molar-refractivity contribution in [2.75, 3.05) is 25.0 Å². The van der Waals surface area contributed by atoms with E-state index < -0.39 is 4.92 Å². The molecule has 28 heavy (non-hydrogen) atoms. The molecule has 8 heteroatoms. The average molecular weight is 393 g/mol. The molecule has 0 radical (unpaired) electrons. The van der Waals surface area contributed by atoms with Gasteiger partial charge in [0, 0.05) is 42.8 Å². The van der Waals surface area contributed by atoms with Crippen molar-refractivity contribution < 1.29 is 14.5 Å². The van der Waals surface area contributed by atoms with Crippen LogP contribution in [0.2, 0.25) is 0 Å². The van der Waals surface area contributed by atoms with Crippen molar-refractivity contribution in [2.45, 2.75) is 65.3 Å². The van der Waals surface area contributed by atoms with Crippen LogP contribution in [0, 0.1) is 10.1 Å². The van der Waals surface area contributed by atoms with E-state index in [0.717, 1.165) is 13.1 Å². The highest BCUT2D eigenvalue weighted by Crippen LogP contribution is 2.28. The Hall–Kier alpha value is -2.19. The molecule has 1 amide bonds. The number of nitrogens with one attached hydrogen (secondary N) is 2. The summed E-state index contributed by atoms with van der Waals surface area (Å²) in [6.07, 6.45) is 0.298. The zero-order chi connectivity index (χ0) is 21.1. The highest BCUT2D eigenvalue weighted by molar-refractivity contribution is 5.95. The number of ether oxygens (including phenoxy) is 1. The minimum atomic E-state index is -0.458. The molecule has 0 bridgehead atoms. The Balaban J connectivity index is 2.14. The number of hydrogen-bond donors (Lipinski definition) is 2. The van der Waals surface area contributed by atoms with Gasteiger partial charge in [0.2, 0.25) is 0 Å². The van der Waals surface area contributed by atoms with E-state index in [1.165, 1.54) is 6.07 Å². The van der Waals surface area contributed by atoms with Crippen molar-refractivity contribution in [3.8, 4) is 0 Å². The van der Waals surface area contributed by atoms with Gasteiger partial charge in [0.15, 0.2) is 0 Å². The summed E-state index contributed by atoms with van der Waals surface area (Å²) in [6.45, 7) is 14.2. The third-order valence-electron chi connectivity index (χ3n) is 4.86. The molecule has 1 aliphatic heterocycles. The molecule has 1 aliphatic rings. The van der Waals surface area contributed by atoms with Crippen LogP contribution in [0.3, 0.4) is 0 Å². The summed E-state index contributed by atoms with van der Waals surface area (Å²) in [7, 11) is 0. The Kier molecular flexibility index (Phi) is 7.01. The van der Waals surface area contributed by atoms with Gasteiger partial charge in [0.1, 0.15) is 5.69 Å². The summed E-state index contributed by atoms with van der Waals surface area (Å²) in [5, 5.41) is 17.5. The van der Waals surface area contributed by atoms with Gasteiger partial charge in [-0.3, -0.25) is 19.8 Å². The number of rotatable bonds is 7. The molecule has 1 saturated heterocycles. The van der Waals surface area contributed by atoms with Gasteiger partial charge in [-0.05, 0) is 53.7 Å². The lowest BCUT2D eigenvalue weighted by Crippen LogP contribution is -2.57. The second-order valence-electron chi connectivity index (χ2n) is 8.45. The highest BCUT2D eigenvalue weighted by atomic mass is 16.6. The van der Waals surface area contributed by atoms with Gasteiger partial charge in [-0.15, -0.1) is 0 Å². The van der Waals surface area contributed by atoms with Gasteiger partial charge in [0.25, 0.3) is 11.6 Å². The Bertz CT molecular complexity index is 710. The van der Waals surface area contributed by atoms with Crippen molar-refractivity contribution in [3.63, 3.8) is 0 Å². The Morgan fingerprint density at radius 3 is 2.46 bits per heavy atom. The van der Waals surface area contributed by atoms with Crippen LogP contribution >= 0.6 is 0 Å². The molecule has 2 atom stereocenters. The van der Waals surface area contributed by atoms with Crippen LogP contribution < -0.4 is 10.6 Å². The first-order valence-corrected chi connectivity index (χ1v) is 9.73. The second kappa shape index (κ2) is 8.87. The minimum absolute atomic E-state index is 0.0385. The van der Waals surface area contributed by atoms with Gasteiger partial charge in [-0.25, -0.2) is 0 Å². The monoisotopic (exact) mass is 392 g/mol. The average Bonchev–Trinajstić information content (AvgIpc) is 2.58. The van der Waals surface area contributed by atoms with E-state index in [1.807, 2.05) is 13.8 Å². The zero-order valence-electron chi connectivity index (χ0n) is 17.6. The molecule has 156 valence electrons. The molecule has 8 nitrogen and oxygen atoms in total. The van der Waals surface area contributed by atoms with Gasteiger partial charge in [-0.2, -0.15) is 0 Å². The first kappa shape index (κ1) is 22.1. The number of anilines is 1. The summed E-state index contributed by atoms with van der Waals surface area (Å²) in [6, 6.07) is 4.50. The Labute approximate surface area is 166 Å². The van der Waals surface area contributed by atoms with Crippen molar-refractivity contribution >= 4 is 17.3 Å². The SMILES string of the molecule is CC(C)NC(=O)c1ccc(NCC(C)(C)N2CC(C)OC(C)C2)c([N+](=O)[O-])c1. The predicted octanol–water partition coefficient (Wildman–Crippen LogP) is 3.03. The molecule has 0 spiro atoms. The third-order valence-corrected chi connectivity index (χ3v) is 4.86. The molecule has 2 unspecified atom stereocenters. The van der Waals surface area contributed by atoms with Gasteiger partial charge in [-0.1, -0.05) is 0 Å². The Morgan fingerprint density at radius 2 is 1.93 bits per heavy atom. The molecule has 1 heterocycles. The van der Waals surface area contributed by atoms with E-state index >= 15 is 0 Å². The van der Waals surface area contributed by atoms with Crippen molar-refractivity contribution in [2.24, 2.45) is 0 Å². The van der Waals surface area contributed by atoms with Crippen molar-refractivity contribution in [1.82, 2.24) is 10.2 Å². The van der Waals surface area contributed by atoms with Gasteiger partial charge < -0.3 is 15.4 Å². The number of carbonyl (C=O) groups is 1. The molecule has 2 rings (SSSR count). The summed E-state index contributed by atoms with van der Waals surface area (Å²) >= 11 is 0. The Morgan fingerprint density at radius 1 is 1.32 bits per heavy atom. The van der Waals surface area contributed by atoms with E-state index in [1.54, 1.807) is 12.1 Å². The molecule has 1 aromatic rings. The molecule has 1 fully saturated rings. The number of amides is 1. The van der Waals surface area contributed by atoms with Crippen LogP contribution in [-0.2, 0) is 4.74 Å². The summed E-state index contributed by atoms with van der Waals surface area (Å²) < 4.78 is 5.80. The third kappa shape index (κ3) is 5.65. The normalized spacial score (nSPS) is 20.8. The number of morpholine rings is 1. The fourth-order valence-electron chi connectivity index (χ4n) is 3.41. The topological polar surface area (TPSA) is 96.7 Å². The van der Waals surface area contributed by atoms with E-state index in [0.29, 0.717) is 12.2 Å². The van der Waals surface area contributed by atoms with Crippen LogP contribution in [0.5, 0.6) is 0 Å². The first-order chi connectivity index (χ1) is 13.0. The van der Waals surface area contributed by atoms with Gasteiger partial charge >= 0.3 is 0 Å². The van der Waals surface area contributed by atoms with E-state index in [2.05, 4.69) is 43.2 Å². The van der Waals surface area contributed by atoms with E-state index in [9.17, 15) is 14.9 Å². The minimum Gasteiger partial charge on any atom is -0.378 e. The van der Waals surface area contributed by atoms with Crippen LogP contribution in [0.15, 0.2) is 18.2 Å². The van der Waals surface area contributed by atoms with E-state index in [-0.39, 0.29) is 40.9 Å². The maximum absolute atomic E-state index is 12.2. The fraction of sp³-hybridized carbons (Fsp3) is 0.650. The maximum Gasteiger partial charge on any atom is 0.293 e. The van der Waals surface area contributed by atoms with Crippen molar-refractivity contribution in [3.05, 3.63) is 33.9 Å². The largest absolute Gasteiger partial charge is 0.378 e. The standard InChI is InChI=1S/C20H32N4O4/c1-13(2)22-19(25)16-7-8-17(18(9-16)24(26)27)21-12-20(5,6)23-10-14(3)28-15(4)11-23/h7-9,13-15,21H,10-12H2,1-6H3,(H,22,25). The maximum atomic E-state index is 12.2. The summed E-state index contributed by atoms with van der Waals surface area (Å²) in [5.41, 5.74) is 0.374. The van der Waals surface area contributed by atoms with Crippen LogP contribution in [-0.4, -0.2) is 59.2 Å². The molecular weight excluding hydrogens is 360 g/mol. The lowest BCUT2D eigenvalue weighted by Gasteiger charge is -2.45. The van der Waals surface area contributed by atoms with Crippen LogP contribution in [0.4, 0.5) is 11.4 Å². The molecule has 0 saturated carbocycles. The first-order valence-electron chi connectivity index (χ1n) is 9.73. The molecule has 0 aliphatic carbocycles. The van der Waals surface area contributed by atoms with Crippen LogP contribution in [0.25, 0.3) is 0 Å². The number of hydrogen-bond acceptors (Lipinski definition) is 6. The van der Waals surface area contributed by atoms with Crippen LogP contribution in [0.1, 0.15) is 51.9 Å². The molecular formula is C20H32N4O4. The number of carbonyl (C=O) groups excluding carboxylic acids is 1. The fourth-order valence-corrected chi connectivity index (χ4v) is 3.41. The lowest BCUT2D eigenvalue weighted by molar-refractivity contribution is -0.384. The van der Waals surface area contributed by atoms with Gasteiger partial charge in [0.05, 0.1) is 17.1 Å². The molecule has 1 aromatic carbocycles.